The van der Waals surface area contributed by atoms with Crippen LogP contribution in [0, 0.1) is 12.0 Å². The number of hydrogen-bond donors (Lipinski definition) is 0. The van der Waals surface area contributed by atoms with Gasteiger partial charge in [-0.1, -0.05) is 18.2 Å². The first-order valence-corrected chi connectivity index (χ1v) is 7.84. The first-order valence-electron chi connectivity index (χ1n) is 7.84. The molecule has 0 saturated heterocycles. The van der Waals surface area contributed by atoms with Crippen molar-refractivity contribution in [1.29, 1.82) is 0 Å². The minimum absolute atomic E-state index is 0.303. The van der Waals surface area contributed by atoms with Crippen LogP contribution in [0.3, 0.4) is 0 Å². The number of para-hydroxylation sites is 1. The predicted octanol–water partition coefficient (Wildman–Crippen LogP) is 4.95. The van der Waals surface area contributed by atoms with Crippen LogP contribution in [0.5, 0.6) is 0 Å². The number of hydrogen-bond acceptors (Lipinski definition) is 2. The molecule has 0 saturated carbocycles. The summed E-state index contributed by atoms with van der Waals surface area (Å²) < 4.78 is 58.1. The number of benzene rings is 2. The van der Waals surface area contributed by atoms with Gasteiger partial charge in [-0.05, 0) is 48.9 Å². The molecule has 1 heterocycles. The number of ether oxygens (including phenoxy) is 1. The Labute approximate surface area is 147 Å². The highest BCUT2D eigenvalue weighted by molar-refractivity contribution is 5.62. The Morgan fingerprint density at radius 3 is 2.58 bits per heavy atom. The van der Waals surface area contributed by atoms with Crippen LogP contribution in [0.4, 0.5) is 17.6 Å². The molecule has 1 atom stereocenters. The van der Waals surface area contributed by atoms with Gasteiger partial charge in [-0.25, -0.2) is 9.07 Å². The van der Waals surface area contributed by atoms with E-state index in [0.29, 0.717) is 16.8 Å². The van der Waals surface area contributed by atoms with Crippen molar-refractivity contribution in [2.24, 2.45) is 0 Å². The molecule has 3 nitrogen and oxygen atoms in total. The third-order valence-electron chi connectivity index (χ3n) is 3.80. The van der Waals surface area contributed by atoms with Gasteiger partial charge >= 0.3 is 6.18 Å². The zero-order valence-corrected chi connectivity index (χ0v) is 13.8. The highest BCUT2D eigenvalue weighted by atomic mass is 19.4. The van der Waals surface area contributed by atoms with E-state index >= 15 is 0 Å². The summed E-state index contributed by atoms with van der Waals surface area (Å²) in [6.07, 6.45) is -3.68. The van der Waals surface area contributed by atoms with Crippen molar-refractivity contribution in [1.82, 2.24) is 9.78 Å². The molecule has 7 heteroatoms. The van der Waals surface area contributed by atoms with Crippen molar-refractivity contribution in [3.8, 4) is 16.9 Å². The maximum Gasteiger partial charge on any atom is 0.414 e. The summed E-state index contributed by atoms with van der Waals surface area (Å²) in [5.41, 5.74) is 2.11. The van der Waals surface area contributed by atoms with Crippen molar-refractivity contribution in [2.45, 2.75) is 25.8 Å². The zero-order chi connectivity index (χ0) is 18.7. The smallest absolute Gasteiger partial charge is 0.364 e. The lowest BCUT2D eigenvalue weighted by atomic mass is 10.1. The average Bonchev–Trinajstić information content (AvgIpc) is 3.09. The Kier molecular flexibility index (Phi) is 5.08. The Morgan fingerprint density at radius 2 is 1.88 bits per heavy atom. The fourth-order valence-electron chi connectivity index (χ4n) is 2.43. The molecule has 0 unspecified atom stereocenters. The van der Waals surface area contributed by atoms with Crippen molar-refractivity contribution in [2.75, 3.05) is 0 Å². The number of aromatic nitrogens is 2. The van der Waals surface area contributed by atoms with E-state index in [0.717, 1.165) is 18.7 Å². The van der Waals surface area contributed by atoms with E-state index in [1.165, 1.54) is 6.07 Å². The van der Waals surface area contributed by atoms with E-state index < -0.39 is 18.1 Å². The van der Waals surface area contributed by atoms with Gasteiger partial charge in [0.05, 0.1) is 18.0 Å². The number of rotatable bonds is 5. The molecule has 135 valence electrons. The van der Waals surface area contributed by atoms with Gasteiger partial charge in [0.2, 0.25) is 0 Å². The Balaban J connectivity index is 1.89. The third kappa shape index (κ3) is 4.11. The molecule has 0 N–H and O–H groups in total. The van der Waals surface area contributed by atoms with Gasteiger partial charge in [0.15, 0.2) is 6.10 Å². The topological polar surface area (TPSA) is 27.1 Å². The molecule has 1 radical (unpaired) electrons. The molecule has 0 bridgehead atoms. The molecule has 3 rings (SSSR count). The van der Waals surface area contributed by atoms with Crippen LogP contribution >= 0.6 is 0 Å². The second kappa shape index (κ2) is 7.29. The zero-order valence-electron chi connectivity index (χ0n) is 13.8. The summed E-state index contributed by atoms with van der Waals surface area (Å²) in [5.74, 6) is -0.568. The maximum absolute atomic E-state index is 14.0. The molecule has 2 aromatic carbocycles. The summed E-state index contributed by atoms with van der Waals surface area (Å²) >= 11 is 0. The molecule has 0 fully saturated rings. The Morgan fingerprint density at radius 1 is 1.15 bits per heavy atom. The highest BCUT2D eigenvalue weighted by Crippen LogP contribution is 2.26. The summed E-state index contributed by atoms with van der Waals surface area (Å²) in [6, 6.07) is 14.8. The van der Waals surface area contributed by atoms with Crippen molar-refractivity contribution in [3.05, 3.63) is 72.2 Å². The predicted molar refractivity (Wildman–Crippen MR) is 88.1 cm³/mol. The van der Waals surface area contributed by atoms with E-state index in [2.05, 4.69) is 11.3 Å². The van der Waals surface area contributed by atoms with Gasteiger partial charge in [0.25, 0.3) is 0 Å². The van der Waals surface area contributed by atoms with Gasteiger partial charge in [0.1, 0.15) is 12.0 Å². The van der Waals surface area contributed by atoms with Crippen molar-refractivity contribution in [3.63, 3.8) is 0 Å². The largest absolute Gasteiger partial charge is 0.414 e. The second-order valence-corrected chi connectivity index (χ2v) is 5.75. The lowest BCUT2D eigenvalue weighted by molar-refractivity contribution is -0.217. The summed E-state index contributed by atoms with van der Waals surface area (Å²) in [6.45, 7) is 0.564. The third-order valence-corrected chi connectivity index (χ3v) is 3.80. The van der Waals surface area contributed by atoms with E-state index in [-0.39, 0.29) is 6.61 Å². The monoisotopic (exact) mass is 363 g/mol. The van der Waals surface area contributed by atoms with Gasteiger partial charge in [0, 0.05) is 5.56 Å². The van der Waals surface area contributed by atoms with E-state index in [4.69, 9.17) is 4.74 Å². The quantitative estimate of drug-likeness (QED) is 0.600. The van der Waals surface area contributed by atoms with Gasteiger partial charge in [-0.2, -0.15) is 18.3 Å². The SMILES string of the molecule is C[C@@H](OCc1cc(F)cc(-c2c[c]nn2-c2ccccc2)c1)C(F)(F)F. The first-order chi connectivity index (χ1) is 12.3. The highest BCUT2D eigenvalue weighted by Gasteiger charge is 2.36. The normalized spacial score (nSPS) is 13.0. The molecule has 26 heavy (non-hydrogen) atoms. The van der Waals surface area contributed by atoms with Crippen LogP contribution in [0.1, 0.15) is 12.5 Å². The molecule has 3 aromatic rings. The lowest BCUT2D eigenvalue weighted by Gasteiger charge is -2.16. The maximum atomic E-state index is 14.0. The lowest BCUT2D eigenvalue weighted by Crippen LogP contribution is -2.28. The van der Waals surface area contributed by atoms with Gasteiger partial charge in [-0.3, -0.25) is 0 Å². The molecule has 0 aliphatic carbocycles. The van der Waals surface area contributed by atoms with E-state index in [1.54, 1.807) is 16.8 Å². The van der Waals surface area contributed by atoms with Crippen molar-refractivity contribution < 1.29 is 22.3 Å². The molecule has 0 aliphatic rings. The Bertz CT molecular complexity index is 875. The van der Waals surface area contributed by atoms with Crippen LogP contribution < -0.4 is 0 Å². The number of nitrogens with zero attached hydrogens (tertiary/aromatic N) is 2. The summed E-state index contributed by atoms with van der Waals surface area (Å²) in [7, 11) is 0. The van der Waals surface area contributed by atoms with Gasteiger partial charge < -0.3 is 4.74 Å². The molecule has 1 aromatic heterocycles. The van der Waals surface area contributed by atoms with Crippen LogP contribution in [-0.4, -0.2) is 22.1 Å². The minimum Gasteiger partial charge on any atom is -0.364 e. The van der Waals surface area contributed by atoms with E-state index in [9.17, 15) is 17.6 Å². The van der Waals surface area contributed by atoms with Crippen molar-refractivity contribution >= 4 is 0 Å². The molecule has 0 aliphatic heterocycles. The van der Waals surface area contributed by atoms with Gasteiger partial charge in [-0.15, -0.1) is 0 Å². The molecular weight excluding hydrogens is 348 g/mol. The number of alkyl halides is 3. The Hall–Kier alpha value is -2.67. The van der Waals surface area contributed by atoms with Crippen LogP contribution in [0.15, 0.2) is 54.6 Å². The summed E-state index contributed by atoms with van der Waals surface area (Å²) in [4.78, 5) is 0. The summed E-state index contributed by atoms with van der Waals surface area (Å²) in [5, 5.41) is 4.12. The fraction of sp³-hybridized carbons (Fsp3) is 0.211. The second-order valence-electron chi connectivity index (χ2n) is 5.75. The minimum atomic E-state index is -4.46. The number of halogens is 4. The molecular formula is C19H15F4N2O. The van der Waals surface area contributed by atoms with Crippen LogP contribution in [0.2, 0.25) is 0 Å². The standard InChI is InChI=1S/C19H15F4N2O/c1-13(19(21,22)23)26-12-14-9-15(11-16(20)10-14)18-7-8-24-25(18)17-5-3-2-4-6-17/h2-7,9-11,13H,12H2,1H3/t13-/m1/s1. The first kappa shape index (κ1) is 18.1. The molecule has 0 amide bonds. The van der Waals surface area contributed by atoms with Crippen LogP contribution in [-0.2, 0) is 11.3 Å². The average molecular weight is 363 g/mol. The molecule has 0 spiro atoms. The fourth-order valence-corrected chi connectivity index (χ4v) is 2.43. The van der Waals surface area contributed by atoms with E-state index in [1.807, 2.05) is 30.3 Å². The van der Waals surface area contributed by atoms with Crippen LogP contribution in [0.25, 0.3) is 16.9 Å².